The van der Waals surface area contributed by atoms with Gasteiger partial charge in [-0.25, -0.2) is 4.98 Å². The first-order valence-electron chi connectivity index (χ1n) is 6.70. The number of rotatable bonds is 3. The van der Waals surface area contributed by atoms with Crippen LogP contribution in [0.3, 0.4) is 0 Å². The predicted molar refractivity (Wildman–Crippen MR) is 80.0 cm³/mol. The Labute approximate surface area is 118 Å². The number of nitrogens with zero attached hydrogens (tertiary/aromatic N) is 2. The number of anilines is 1. The Balaban J connectivity index is 1.61. The van der Waals surface area contributed by atoms with Crippen molar-refractivity contribution in [3.63, 3.8) is 0 Å². The van der Waals surface area contributed by atoms with Crippen LogP contribution in [0.15, 0.2) is 24.3 Å². The van der Waals surface area contributed by atoms with Gasteiger partial charge in [0.25, 0.3) is 0 Å². The molecule has 1 aromatic heterocycles. The molecule has 3 nitrogen and oxygen atoms in total. The molecule has 4 heteroatoms. The lowest BCUT2D eigenvalue weighted by Gasteiger charge is -2.30. The number of hydrogen-bond donors (Lipinski definition) is 1. The van der Waals surface area contributed by atoms with Crippen LogP contribution in [0.2, 0.25) is 0 Å². The summed E-state index contributed by atoms with van der Waals surface area (Å²) in [6.45, 7) is 7.37. The van der Waals surface area contributed by atoms with E-state index in [0.29, 0.717) is 5.92 Å². The highest BCUT2D eigenvalue weighted by atomic mass is 32.1. The number of nitrogens with one attached hydrogen (secondary N) is 1. The Kier molecular flexibility index (Phi) is 3.05. The lowest BCUT2D eigenvalue weighted by molar-refractivity contribution is 0.555. The third-order valence-corrected chi connectivity index (χ3v) is 4.23. The Morgan fingerprint density at radius 1 is 1.32 bits per heavy atom. The second-order valence-corrected chi connectivity index (χ2v) is 6.91. The second kappa shape index (κ2) is 4.60. The molecule has 1 aromatic carbocycles. The Morgan fingerprint density at radius 2 is 2.11 bits per heavy atom. The van der Waals surface area contributed by atoms with Gasteiger partial charge in [-0.2, -0.15) is 4.37 Å². The summed E-state index contributed by atoms with van der Waals surface area (Å²) in [6, 6.07) is 8.68. The molecule has 2 aromatic rings. The fraction of sp³-hybridized carbons (Fsp3) is 0.467. The van der Waals surface area contributed by atoms with Crippen LogP contribution in [0.5, 0.6) is 0 Å². The van der Waals surface area contributed by atoms with Gasteiger partial charge in [-0.15, -0.1) is 0 Å². The van der Waals surface area contributed by atoms with E-state index in [1.165, 1.54) is 29.1 Å². The van der Waals surface area contributed by atoms with Crippen LogP contribution >= 0.6 is 11.5 Å². The van der Waals surface area contributed by atoms with Gasteiger partial charge in [0.05, 0.1) is 0 Å². The van der Waals surface area contributed by atoms with Gasteiger partial charge in [-0.3, -0.25) is 0 Å². The fourth-order valence-electron chi connectivity index (χ4n) is 2.36. The van der Waals surface area contributed by atoms with Crippen molar-refractivity contribution in [1.82, 2.24) is 9.36 Å². The Bertz CT molecular complexity index is 583. The first-order valence-corrected chi connectivity index (χ1v) is 7.47. The van der Waals surface area contributed by atoms with Crippen LogP contribution in [-0.4, -0.2) is 15.9 Å². The molecule has 3 rings (SSSR count). The summed E-state index contributed by atoms with van der Waals surface area (Å²) in [7, 11) is 0. The SMILES string of the molecule is CC(C)(C)c1nsc(NCC2Cc3ccccc32)n1. The van der Waals surface area contributed by atoms with E-state index in [2.05, 4.69) is 59.7 Å². The van der Waals surface area contributed by atoms with Crippen LogP contribution in [0.4, 0.5) is 5.13 Å². The maximum Gasteiger partial charge on any atom is 0.202 e. The van der Waals surface area contributed by atoms with Crippen LogP contribution in [0.1, 0.15) is 43.6 Å². The highest BCUT2D eigenvalue weighted by Gasteiger charge is 2.25. The first kappa shape index (κ1) is 12.6. The molecule has 100 valence electrons. The molecule has 1 N–H and O–H groups in total. The van der Waals surface area contributed by atoms with Crippen molar-refractivity contribution in [1.29, 1.82) is 0 Å². The molecule has 0 aliphatic heterocycles. The smallest absolute Gasteiger partial charge is 0.202 e. The molecule has 1 unspecified atom stereocenters. The summed E-state index contributed by atoms with van der Waals surface area (Å²) in [6.07, 6.45) is 1.17. The molecule has 19 heavy (non-hydrogen) atoms. The summed E-state index contributed by atoms with van der Waals surface area (Å²) >= 11 is 1.46. The van der Waals surface area contributed by atoms with E-state index in [-0.39, 0.29) is 5.41 Å². The summed E-state index contributed by atoms with van der Waals surface area (Å²) in [5.41, 5.74) is 3.00. The summed E-state index contributed by atoms with van der Waals surface area (Å²) in [4.78, 5) is 4.56. The number of aromatic nitrogens is 2. The van der Waals surface area contributed by atoms with Crippen LogP contribution in [-0.2, 0) is 11.8 Å². The Hall–Kier alpha value is -1.42. The van der Waals surface area contributed by atoms with Crippen molar-refractivity contribution in [2.45, 2.75) is 38.5 Å². The van der Waals surface area contributed by atoms with Crippen molar-refractivity contribution in [3.05, 3.63) is 41.2 Å². The largest absolute Gasteiger partial charge is 0.360 e. The maximum absolute atomic E-state index is 4.56. The van der Waals surface area contributed by atoms with E-state index in [0.717, 1.165) is 17.5 Å². The highest BCUT2D eigenvalue weighted by Crippen LogP contribution is 2.35. The second-order valence-electron chi connectivity index (χ2n) is 6.15. The molecule has 1 atom stereocenters. The zero-order valence-electron chi connectivity index (χ0n) is 11.6. The summed E-state index contributed by atoms with van der Waals surface area (Å²) < 4.78 is 4.42. The molecule has 0 saturated heterocycles. The zero-order valence-corrected chi connectivity index (χ0v) is 12.4. The van der Waals surface area contributed by atoms with Crippen LogP contribution < -0.4 is 5.32 Å². The number of benzene rings is 1. The van der Waals surface area contributed by atoms with Crippen molar-refractivity contribution in [2.75, 3.05) is 11.9 Å². The van der Waals surface area contributed by atoms with Crippen LogP contribution in [0, 0.1) is 0 Å². The number of hydrogen-bond acceptors (Lipinski definition) is 4. The van der Waals surface area contributed by atoms with Gasteiger partial charge < -0.3 is 5.32 Å². The van der Waals surface area contributed by atoms with E-state index in [1.54, 1.807) is 0 Å². The molecule has 0 radical (unpaired) electrons. The third-order valence-electron chi connectivity index (χ3n) is 3.56. The van der Waals surface area contributed by atoms with Crippen LogP contribution in [0.25, 0.3) is 0 Å². The van der Waals surface area contributed by atoms with Gasteiger partial charge in [-0.05, 0) is 17.5 Å². The fourth-order valence-corrected chi connectivity index (χ4v) is 3.12. The minimum atomic E-state index is 0.0273. The van der Waals surface area contributed by atoms with Crippen molar-refractivity contribution in [2.24, 2.45) is 0 Å². The molecular formula is C15H19N3S. The molecule has 1 aliphatic rings. The first-order chi connectivity index (χ1) is 9.04. The van der Waals surface area contributed by atoms with E-state index in [1.807, 2.05) is 0 Å². The quantitative estimate of drug-likeness (QED) is 0.928. The molecular weight excluding hydrogens is 254 g/mol. The lowest BCUT2D eigenvalue weighted by Crippen LogP contribution is -2.24. The van der Waals surface area contributed by atoms with Crippen molar-refractivity contribution in [3.8, 4) is 0 Å². The molecule has 0 saturated carbocycles. The van der Waals surface area contributed by atoms with E-state index < -0.39 is 0 Å². The lowest BCUT2D eigenvalue weighted by atomic mass is 9.78. The topological polar surface area (TPSA) is 37.8 Å². The zero-order chi connectivity index (χ0) is 13.5. The Morgan fingerprint density at radius 3 is 2.79 bits per heavy atom. The van der Waals surface area contributed by atoms with E-state index in [9.17, 15) is 0 Å². The van der Waals surface area contributed by atoms with Gasteiger partial charge in [0.15, 0.2) is 0 Å². The third kappa shape index (κ3) is 2.50. The monoisotopic (exact) mass is 273 g/mol. The molecule has 0 fully saturated rings. The maximum atomic E-state index is 4.56. The van der Waals surface area contributed by atoms with E-state index >= 15 is 0 Å². The standard InChI is InChI=1S/C15H19N3S/c1-15(2,3)13-17-14(19-18-13)16-9-11-8-10-6-4-5-7-12(10)11/h4-7,11H,8-9H2,1-3H3,(H,16,17,18). The summed E-state index contributed by atoms with van der Waals surface area (Å²) in [5, 5.41) is 4.36. The summed E-state index contributed by atoms with van der Waals surface area (Å²) in [5.74, 6) is 1.55. The normalized spacial score (nSPS) is 17.7. The van der Waals surface area contributed by atoms with Gasteiger partial charge >= 0.3 is 0 Å². The van der Waals surface area contributed by atoms with Gasteiger partial charge in [0.1, 0.15) is 5.82 Å². The van der Waals surface area contributed by atoms with Gasteiger partial charge in [-0.1, -0.05) is 45.0 Å². The minimum Gasteiger partial charge on any atom is -0.360 e. The molecule has 1 aliphatic carbocycles. The van der Waals surface area contributed by atoms with E-state index in [4.69, 9.17) is 0 Å². The highest BCUT2D eigenvalue weighted by molar-refractivity contribution is 7.09. The average Bonchev–Trinajstić information content (AvgIpc) is 2.79. The molecule has 0 amide bonds. The number of fused-ring (bicyclic) bond motifs is 1. The average molecular weight is 273 g/mol. The molecule has 0 spiro atoms. The van der Waals surface area contributed by atoms with Crippen molar-refractivity contribution >= 4 is 16.7 Å². The van der Waals surface area contributed by atoms with Gasteiger partial charge in [0.2, 0.25) is 5.13 Å². The minimum absolute atomic E-state index is 0.0273. The van der Waals surface area contributed by atoms with Gasteiger partial charge in [0, 0.05) is 29.4 Å². The van der Waals surface area contributed by atoms with Crippen molar-refractivity contribution < 1.29 is 0 Å². The molecule has 1 heterocycles. The predicted octanol–water partition coefficient (Wildman–Crippen LogP) is 3.59. The molecule has 0 bridgehead atoms.